The molecule has 0 bridgehead atoms. The average molecular weight is 395 g/mol. The van der Waals surface area contributed by atoms with Crippen molar-refractivity contribution in [3.8, 4) is 5.75 Å². The van der Waals surface area contributed by atoms with E-state index in [-0.39, 0.29) is 12.0 Å². The van der Waals surface area contributed by atoms with E-state index in [1.165, 1.54) is 0 Å². The van der Waals surface area contributed by atoms with Crippen LogP contribution in [-0.4, -0.2) is 40.0 Å². The number of para-hydroxylation sites is 1. The summed E-state index contributed by atoms with van der Waals surface area (Å²) in [7, 11) is 0. The summed E-state index contributed by atoms with van der Waals surface area (Å²) < 4.78 is 10.2. The van der Waals surface area contributed by atoms with Crippen molar-refractivity contribution >= 4 is 17.4 Å². The summed E-state index contributed by atoms with van der Waals surface area (Å²) in [5, 5.41) is 6.88. The number of hydrogen-bond acceptors (Lipinski definition) is 6. The molecular formula is C21H22N4O2S. The van der Waals surface area contributed by atoms with Gasteiger partial charge in [0.15, 0.2) is 0 Å². The number of nitrogens with one attached hydrogen (secondary N) is 1. The molecule has 0 radical (unpaired) electrons. The zero-order valence-corrected chi connectivity index (χ0v) is 16.5. The van der Waals surface area contributed by atoms with Gasteiger partial charge in [-0.15, -0.1) is 5.10 Å². The number of hydrogen-bond donors (Lipinski definition) is 1. The summed E-state index contributed by atoms with van der Waals surface area (Å²) >= 11 is 1.13. The van der Waals surface area contributed by atoms with Gasteiger partial charge < -0.3 is 10.1 Å². The summed E-state index contributed by atoms with van der Waals surface area (Å²) in [5.41, 5.74) is 2.98. The zero-order chi connectivity index (χ0) is 19.3. The fourth-order valence-corrected chi connectivity index (χ4v) is 3.91. The molecular weight excluding hydrogens is 372 g/mol. The maximum atomic E-state index is 12.3. The molecule has 1 aliphatic heterocycles. The van der Waals surface area contributed by atoms with Gasteiger partial charge in [0.2, 0.25) is 0 Å². The van der Waals surface area contributed by atoms with Crippen LogP contribution in [-0.2, 0) is 6.54 Å². The van der Waals surface area contributed by atoms with E-state index >= 15 is 0 Å². The van der Waals surface area contributed by atoms with E-state index in [1.54, 1.807) is 6.92 Å². The van der Waals surface area contributed by atoms with Gasteiger partial charge in [-0.1, -0.05) is 53.0 Å². The van der Waals surface area contributed by atoms with Crippen LogP contribution >= 0.6 is 11.5 Å². The topological polar surface area (TPSA) is 67.4 Å². The summed E-state index contributed by atoms with van der Waals surface area (Å²) in [6.07, 6.45) is -0.0477. The van der Waals surface area contributed by atoms with Crippen LogP contribution in [0.4, 0.5) is 0 Å². The van der Waals surface area contributed by atoms with Crippen molar-refractivity contribution in [2.24, 2.45) is 0 Å². The molecule has 144 valence electrons. The summed E-state index contributed by atoms with van der Waals surface area (Å²) in [5.74, 6) is 0.813. The number of nitrogens with zero attached hydrogens (tertiary/aromatic N) is 3. The molecule has 1 aliphatic rings. The monoisotopic (exact) mass is 394 g/mol. The third kappa shape index (κ3) is 4.21. The van der Waals surface area contributed by atoms with Gasteiger partial charge in [0, 0.05) is 31.7 Å². The number of fused-ring (bicyclic) bond motifs is 1. The predicted octanol–water partition coefficient (Wildman–Crippen LogP) is 3.21. The summed E-state index contributed by atoms with van der Waals surface area (Å²) in [6.45, 7) is 4.63. The summed E-state index contributed by atoms with van der Waals surface area (Å²) in [6, 6.07) is 18.4. The number of aromatic nitrogens is 2. The van der Waals surface area contributed by atoms with E-state index in [9.17, 15) is 4.79 Å². The Labute approximate surface area is 168 Å². The molecule has 1 aromatic heterocycles. The SMILES string of the molecule is Cc1nnsc1C(=O)NCCN1Cc2ccccc2OC(c2ccccc2)C1. The van der Waals surface area contributed by atoms with E-state index in [0.29, 0.717) is 17.1 Å². The molecule has 2 aromatic carbocycles. The second-order valence-corrected chi connectivity index (χ2v) is 7.56. The Hall–Kier alpha value is -2.77. The van der Waals surface area contributed by atoms with Crippen LogP contribution in [0.25, 0.3) is 0 Å². The van der Waals surface area contributed by atoms with E-state index in [1.807, 2.05) is 36.4 Å². The van der Waals surface area contributed by atoms with Gasteiger partial charge in [-0.3, -0.25) is 9.69 Å². The molecule has 1 unspecified atom stereocenters. The Kier molecular flexibility index (Phi) is 5.64. The Morgan fingerprint density at radius 2 is 2.00 bits per heavy atom. The second kappa shape index (κ2) is 8.50. The van der Waals surface area contributed by atoms with Gasteiger partial charge in [-0.2, -0.15) is 0 Å². The van der Waals surface area contributed by atoms with Crippen molar-refractivity contribution in [3.63, 3.8) is 0 Å². The first kappa shape index (κ1) is 18.6. The standard InChI is InChI=1S/C21H22N4O2S/c1-15-20(28-24-23-15)21(26)22-11-12-25-13-17-9-5-6-10-18(17)27-19(14-25)16-7-3-2-4-8-16/h2-10,19H,11-14H2,1H3,(H,22,26). The highest BCUT2D eigenvalue weighted by Gasteiger charge is 2.24. The maximum absolute atomic E-state index is 12.3. The lowest BCUT2D eigenvalue weighted by molar-refractivity contribution is 0.0946. The van der Waals surface area contributed by atoms with Crippen LogP contribution in [0.2, 0.25) is 0 Å². The second-order valence-electron chi connectivity index (χ2n) is 6.80. The van der Waals surface area contributed by atoms with Gasteiger partial charge in [0.05, 0.1) is 5.69 Å². The molecule has 1 N–H and O–H groups in total. The maximum Gasteiger partial charge on any atom is 0.264 e. The molecule has 0 spiro atoms. The average Bonchev–Trinajstić information content (AvgIpc) is 3.05. The zero-order valence-electron chi connectivity index (χ0n) is 15.7. The van der Waals surface area contributed by atoms with Crippen LogP contribution in [0.15, 0.2) is 54.6 Å². The van der Waals surface area contributed by atoms with E-state index < -0.39 is 0 Å². The minimum absolute atomic E-state index is 0.0477. The smallest absolute Gasteiger partial charge is 0.264 e. The van der Waals surface area contributed by atoms with Gasteiger partial charge >= 0.3 is 0 Å². The van der Waals surface area contributed by atoms with Crippen molar-refractivity contribution in [3.05, 3.63) is 76.3 Å². The minimum Gasteiger partial charge on any atom is -0.484 e. The fourth-order valence-electron chi connectivity index (χ4n) is 3.34. The third-order valence-electron chi connectivity index (χ3n) is 4.80. The van der Waals surface area contributed by atoms with Gasteiger partial charge in [-0.25, -0.2) is 0 Å². The van der Waals surface area contributed by atoms with Crippen molar-refractivity contribution in [2.45, 2.75) is 19.6 Å². The highest BCUT2D eigenvalue weighted by Crippen LogP contribution is 2.30. The van der Waals surface area contributed by atoms with E-state index in [0.717, 1.165) is 48.0 Å². The van der Waals surface area contributed by atoms with Crippen LogP contribution in [0.5, 0.6) is 5.75 Å². The Morgan fingerprint density at radius 3 is 2.79 bits per heavy atom. The first-order chi connectivity index (χ1) is 13.7. The van der Waals surface area contributed by atoms with Gasteiger partial charge in [0.1, 0.15) is 16.7 Å². The molecule has 0 aliphatic carbocycles. The molecule has 0 saturated carbocycles. The molecule has 6 nitrogen and oxygen atoms in total. The quantitative estimate of drug-likeness (QED) is 0.720. The number of rotatable bonds is 5. The molecule has 3 aromatic rings. The molecule has 0 fully saturated rings. The molecule has 4 rings (SSSR count). The first-order valence-corrected chi connectivity index (χ1v) is 10.1. The number of aryl methyl sites for hydroxylation is 1. The minimum atomic E-state index is -0.112. The predicted molar refractivity (Wildman–Crippen MR) is 109 cm³/mol. The number of benzene rings is 2. The highest BCUT2D eigenvalue weighted by atomic mass is 32.1. The summed E-state index contributed by atoms with van der Waals surface area (Å²) in [4.78, 5) is 15.2. The Bertz CT molecular complexity index is 944. The Balaban J connectivity index is 1.45. The number of carbonyl (C=O) groups excluding carboxylic acids is 1. The molecule has 28 heavy (non-hydrogen) atoms. The van der Waals surface area contributed by atoms with Crippen LogP contribution in [0, 0.1) is 6.92 Å². The van der Waals surface area contributed by atoms with Crippen molar-refractivity contribution in [2.75, 3.05) is 19.6 Å². The lowest BCUT2D eigenvalue weighted by Gasteiger charge is -2.24. The van der Waals surface area contributed by atoms with Crippen molar-refractivity contribution < 1.29 is 9.53 Å². The Morgan fingerprint density at radius 1 is 1.21 bits per heavy atom. The molecule has 0 saturated heterocycles. The molecule has 1 amide bonds. The van der Waals surface area contributed by atoms with Crippen molar-refractivity contribution in [1.29, 1.82) is 0 Å². The number of amides is 1. The largest absolute Gasteiger partial charge is 0.484 e. The fraction of sp³-hybridized carbons (Fsp3) is 0.286. The van der Waals surface area contributed by atoms with Crippen LogP contribution in [0.3, 0.4) is 0 Å². The molecule has 1 atom stereocenters. The van der Waals surface area contributed by atoms with E-state index in [4.69, 9.17) is 4.74 Å². The molecule has 2 heterocycles. The first-order valence-electron chi connectivity index (χ1n) is 9.30. The molecule has 7 heteroatoms. The highest BCUT2D eigenvalue weighted by molar-refractivity contribution is 7.07. The lowest BCUT2D eigenvalue weighted by atomic mass is 10.1. The van der Waals surface area contributed by atoms with Crippen LogP contribution < -0.4 is 10.1 Å². The van der Waals surface area contributed by atoms with Gasteiger partial charge in [0.25, 0.3) is 5.91 Å². The number of carbonyl (C=O) groups is 1. The van der Waals surface area contributed by atoms with Crippen molar-refractivity contribution in [1.82, 2.24) is 19.8 Å². The van der Waals surface area contributed by atoms with Crippen LogP contribution in [0.1, 0.15) is 32.6 Å². The lowest BCUT2D eigenvalue weighted by Crippen LogP contribution is -2.36. The van der Waals surface area contributed by atoms with E-state index in [2.05, 4.69) is 38.0 Å². The number of ether oxygens (including phenoxy) is 1. The normalized spacial score (nSPS) is 16.7. The third-order valence-corrected chi connectivity index (χ3v) is 5.63. The van der Waals surface area contributed by atoms with Gasteiger partial charge in [-0.05, 0) is 30.1 Å².